The first-order chi connectivity index (χ1) is 9.01. The number of nitrogens with two attached hydrogens (primary N) is 1. The quantitative estimate of drug-likeness (QED) is 0.872. The standard InChI is InChI=1S/C15H26N4/c1-11-9-12(14(16)18-10-11)13(17-2)15(19(3)4)7-5-6-8-15/h9-10,13,17H,5-8H2,1-4H3,(H2,16,18). The van der Waals surface area contributed by atoms with Crippen molar-refractivity contribution >= 4 is 5.82 Å². The third-order valence-electron chi connectivity index (χ3n) is 4.58. The summed E-state index contributed by atoms with van der Waals surface area (Å²) >= 11 is 0. The van der Waals surface area contributed by atoms with Crippen molar-refractivity contribution in [2.75, 3.05) is 26.9 Å². The van der Waals surface area contributed by atoms with Gasteiger partial charge in [0.05, 0.1) is 6.04 Å². The first kappa shape index (κ1) is 14.3. The van der Waals surface area contributed by atoms with Gasteiger partial charge in [0.15, 0.2) is 0 Å². The van der Waals surface area contributed by atoms with Crippen LogP contribution in [0, 0.1) is 6.92 Å². The number of hydrogen-bond acceptors (Lipinski definition) is 4. The van der Waals surface area contributed by atoms with Crippen LogP contribution in [0.2, 0.25) is 0 Å². The Morgan fingerprint density at radius 3 is 2.53 bits per heavy atom. The van der Waals surface area contributed by atoms with Gasteiger partial charge in [-0.3, -0.25) is 0 Å². The van der Waals surface area contributed by atoms with Gasteiger partial charge in [-0.1, -0.05) is 12.8 Å². The summed E-state index contributed by atoms with van der Waals surface area (Å²) in [6.45, 7) is 2.07. The van der Waals surface area contributed by atoms with E-state index in [1.165, 1.54) is 25.7 Å². The van der Waals surface area contributed by atoms with Gasteiger partial charge in [0, 0.05) is 17.3 Å². The van der Waals surface area contributed by atoms with E-state index in [1.54, 1.807) is 0 Å². The highest BCUT2D eigenvalue weighted by molar-refractivity contribution is 5.44. The highest BCUT2D eigenvalue weighted by atomic mass is 15.2. The Kier molecular flexibility index (Phi) is 4.11. The molecule has 1 heterocycles. The van der Waals surface area contributed by atoms with Gasteiger partial charge in [-0.05, 0) is 52.5 Å². The predicted molar refractivity (Wildman–Crippen MR) is 80.1 cm³/mol. The predicted octanol–water partition coefficient (Wildman–Crippen LogP) is 2.11. The summed E-state index contributed by atoms with van der Waals surface area (Å²) in [5.41, 5.74) is 8.57. The van der Waals surface area contributed by atoms with Gasteiger partial charge in [0.25, 0.3) is 0 Å². The lowest BCUT2D eigenvalue weighted by Gasteiger charge is -2.43. The summed E-state index contributed by atoms with van der Waals surface area (Å²) < 4.78 is 0. The van der Waals surface area contributed by atoms with Crippen molar-refractivity contribution < 1.29 is 0 Å². The first-order valence-electron chi connectivity index (χ1n) is 7.08. The maximum Gasteiger partial charge on any atom is 0.128 e. The van der Waals surface area contributed by atoms with Crippen LogP contribution >= 0.6 is 0 Å². The molecular weight excluding hydrogens is 236 g/mol. The molecular formula is C15H26N4. The lowest BCUT2D eigenvalue weighted by molar-refractivity contribution is 0.109. The fourth-order valence-corrected chi connectivity index (χ4v) is 3.53. The first-order valence-corrected chi connectivity index (χ1v) is 7.08. The highest BCUT2D eigenvalue weighted by Gasteiger charge is 2.44. The Balaban J connectivity index is 2.45. The second kappa shape index (κ2) is 5.47. The summed E-state index contributed by atoms with van der Waals surface area (Å²) in [6, 6.07) is 2.41. The molecule has 0 bridgehead atoms. The molecule has 0 aromatic carbocycles. The molecule has 1 saturated carbocycles. The number of aromatic nitrogens is 1. The van der Waals surface area contributed by atoms with Crippen LogP contribution < -0.4 is 11.1 Å². The topological polar surface area (TPSA) is 54.2 Å². The van der Waals surface area contributed by atoms with Gasteiger partial charge in [-0.25, -0.2) is 4.98 Å². The third-order valence-corrected chi connectivity index (χ3v) is 4.58. The summed E-state index contributed by atoms with van der Waals surface area (Å²) in [4.78, 5) is 6.69. The number of likely N-dealkylation sites (N-methyl/N-ethyl adjacent to an activating group) is 2. The van der Waals surface area contributed by atoms with E-state index >= 15 is 0 Å². The smallest absolute Gasteiger partial charge is 0.128 e. The second-order valence-corrected chi connectivity index (χ2v) is 5.91. The Labute approximate surface area is 116 Å². The van der Waals surface area contributed by atoms with Crippen molar-refractivity contribution in [1.82, 2.24) is 15.2 Å². The molecule has 1 aliphatic carbocycles. The summed E-state index contributed by atoms with van der Waals surface area (Å²) in [7, 11) is 6.38. The molecule has 4 nitrogen and oxygen atoms in total. The van der Waals surface area contributed by atoms with Crippen molar-refractivity contribution in [3.05, 3.63) is 23.4 Å². The van der Waals surface area contributed by atoms with Crippen molar-refractivity contribution in [3.63, 3.8) is 0 Å². The SMILES string of the molecule is CNC(c1cc(C)cnc1N)C1(N(C)C)CCCC1. The summed E-state index contributed by atoms with van der Waals surface area (Å²) in [5.74, 6) is 0.651. The second-order valence-electron chi connectivity index (χ2n) is 5.91. The number of nitrogen functional groups attached to an aromatic ring is 1. The number of pyridine rings is 1. The Hall–Kier alpha value is -1.13. The molecule has 0 radical (unpaired) electrons. The number of nitrogens with one attached hydrogen (secondary N) is 1. The van der Waals surface area contributed by atoms with Gasteiger partial charge in [-0.2, -0.15) is 0 Å². The molecule has 1 unspecified atom stereocenters. The molecule has 1 aliphatic rings. The molecule has 106 valence electrons. The number of hydrogen-bond donors (Lipinski definition) is 2. The number of aryl methyl sites for hydroxylation is 1. The highest BCUT2D eigenvalue weighted by Crippen LogP contribution is 2.44. The Morgan fingerprint density at radius 2 is 2.00 bits per heavy atom. The monoisotopic (exact) mass is 262 g/mol. The van der Waals surface area contributed by atoms with Crippen molar-refractivity contribution in [2.45, 2.75) is 44.2 Å². The van der Waals surface area contributed by atoms with E-state index in [0.717, 1.165) is 11.1 Å². The van der Waals surface area contributed by atoms with E-state index < -0.39 is 0 Å². The van der Waals surface area contributed by atoms with Crippen molar-refractivity contribution in [3.8, 4) is 0 Å². The maximum absolute atomic E-state index is 6.12. The van der Waals surface area contributed by atoms with Crippen LogP contribution in [0.5, 0.6) is 0 Å². The van der Waals surface area contributed by atoms with Crippen molar-refractivity contribution in [1.29, 1.82) is 0 Å². The van der Waals surface area contributed by atoms with Crippen LogP contribution in [0.25, 0.3) is 0 Å². The number of nitrogens with zero attached hydrogens (tertiary/aromatic N) is 2. The molecule has 0 aliphatic heterocycles. The fourth-order valence-electron chi connectivity index (χ4n) is 3.53. The zero-order valence-corrected chi connectivity index (χ0v) is 12.5. The average molecular weight is 262 g/mol. The van der Waals surface area contributed by atoms with Gasteiger partial charge >= 0.3 is 0 Å². The zero-order chi connectivity index (χ0) is 14.0. The van der Waals surface area contributed by atoms with Crippen LogP contribution in [0.1, 0.15) is 42.9 Å². The molecule has 0 saturated heterocycles. The molecule has 1 fully saturated rings. The van der Waals surface area contributed by atoms with Crippen LogP contribution in [0.4, 0.5) is 5.82 Å². The minimum absolute atomic E-state index is 0.151. The summed E-state index contributed by atoms with van der Waals surface area (Å²) in [5, 5.41) is 3.49. The van der Waals surface area contributed by atoms with E-state index in [-0.39, 0.29) is 11.6 Å². The maximum atomic E-state index is 6.12. The van der Waals surface area contributed by atoms with Crippen molar-refractivity contribution in [2.24, 2.45) is 0 Å². The largest absolute Gasteiger partial charge is 0.383 e. The molecule has 1 aromatic rings. The van der Waals surface area contributed by atoms with Crippen LogP contribution in [0.3, 0.4) is 0 Å². The number of anilines is 1. The van der Waals surface area contributed by atoms with Crippen LogP contribution in [0.15, 0.2) is 12.3 Å². The van der Waals surface area contributed by atoms with Gasteiger partial charge < -0.3 is 16.0 Å². The lowest BCUT2D eigenvalue weighted by atomic mass is 9.82. The molecule has 0 amide bonds. The summed E-state index contributed by atoms with van der Waals surface area (Å²) in [6.07, 6.45) is 6.82. The van der Waals surface area contributed by atoms with Crippen LogP contribution in [-0.2, 0) is 0 Å². The minimum Gasteiger partial charge on any atom is -0.383 e. The fraction of sp³-hybridized carbons (Fsp3) is 0.667. The zero-order valence-electron chi connectivity index (χ0n) is 12.5. The molecule has 19 heavy (non-hydrogen) atoms. The molecule has 0 spiro atoms. The van der Waals surface area contributed by atoms with E-state index in [1.807, 2.05) is 13.2 Å². The lowest BCUT2D eigenvalue weighted by Crippen LogP contribution is -2.51. The van der Waals surface area contributed by atoms with Gasteiger partial charge in [-0.15, -0.1) is 0 Å². The van der Waals surface area contributed by atoms with Gasteiger partial charge in [0.2, 0.25) is 0 Å². The van der Waals surface area contributed by atoms with E-state index in [0.29, 0.717) is 5.82 Å². The van der Waals surface area contributed by atoms with E-state index in [2.05, 4.69) is 42.3 Å². The molecule has 2 rings (SSSR count). The average Bonchev–Trinajstić information content (AvgIpc) is 2.85. The molecule has 1 aromatic heterocycles. The molecule has 3 N–H and O–H groups in total. The molecule has 4 heteroatoms. The Morgan fingerprint density at radius 1 is 1.37 bits per heavy atom. The van der Waals surface area contributed by atoms with E-state index in [4.69, 9.17) is 5.73 Å². The minimum atomic E-state index is 0.151. The third kappa shape index (κ3) is 2.47. The normalized spacial score (nSPS) is 19.8. The molecule has 1 atom stereocenters. The number of rotatable bonds is 4. The Bertz CT molecular complexity index is 436. The van der Waals surface area contributed by atoms with E-state index in [9.17, 15) is 0 Å². The van der Waals surface area contributed by atoms with Crippen LogP contribution in [-0.4, -0.2) is 36.6 Å². The van der Waals surface area contributed by atoms with Gasteiger partial charge in [0.1, 0.15) is 5.82 Å².